The molecule has 1 aromatic carbocycles. The second kappa shape index (κ2) is 10.4. The van der Waals surface area contributed by atoms with Gasteiger partial charge in [-0.15, -0.1) is 0 Å². The van der Waals surface area contributed by atoms with Crippen molar-refractivity contribution >= 4 is 11.9 Å². The van der Waals surface area contributed by atoms with Crippen molar-refractivity contribution in [3.63, 3.8) is 0 Å². The van der Waals surface area contributed by atoms with Crippen LogP contribution in [0.3, 0.4) is 0 Å². The van der Waals surface area contributed by atoms with Crippen LogP contribution in [0.4, 0.5) is 0 Å². The lowest BCUT2D eigenvalue weighted by Gasteiger charge is -2.20. The number of nitrogens with zero attached hydrogens (tertiary/aromatic N) is 4. The third-order valence-corrected chi connectivity index (χ3v) is 4.04. The number of hydrogen-bond acceptors (Lipinski definition) is 6. The summed E-state index contributed by atoms with van der Waals surface area (Å²) >= 11 is 0. The number of carbonyl (C=O) groups excluding carboxylic acids is 2. The van der Waals surface area contributed by atoms with Gasteiger partial charge in [0.25, 0.3) is 5.91 Å². The average molecular weight is 376 g/mol. The molecular formula is C21H20N4O3. The van der Waals surface area contributed by atoms with Crippen LogP contribution in [0.1, 0.15) is 28.9 Å². The zero-order valence-corrected chi connectivity index (χ0v) is 15.6. The second-order valence-corrected chi connectivity index (χ2v) is 5.97. The molecule has 0 radical (unpaired) electrons. The molecule has 0 aliphatic rings. The molecule has 2 aromatic rings. The highest BCUT2D eigenvalue weighted by atomic mass is 16.5. The Bertz CT molecular complexity index is 895. The Morgan fingerprint density at radius 3 is 2.25 bits per heavy atom. The monoisotopic (exact) mass is 376 g/mol. The van der Waals surface area contributed by atoms with E-state index in [0.717, 1.165) is 11.3 Å². The maximum absolute atomic E-state index is 12.3. The molecule has 0 fully saturated rings. The van der Waals surface area contributed by atoms with E-state index in [4.69, 9.17) is 15.3 Å². The van der Waals surface area contributed by atoms with Gasteiger partial charge in [0.05, 0.1) is 41.9 Å². The van der Waals surface area contributed by atoms with Crippen molar-refractivity contribution < 1.29 is 14.3 Å². The minimum Gasteiger partial charge on any atom is -0.452 e. The molecule has 0 aliphatic heterocycles. The van der Waals surface area contributed by atoms with Gasteiger partial charge < -0.3 is 9.64 Å². The Labute approximate surface area is 163 Å². The Kier molecular flexibility index (Phi) is 7.68. The van der Waals surface area contributed by atoms with Gasteiger partial charge in [0.2, 0.25) is 0 Å². The number of ether oxygens (including phenoxy) is 1. The molecule has 1 heterocycles. The van der Waals surface area contributed by atoms with E-state index in [9.17, 15) is 9.59 Å². The lowest BCUT2D eigenvalue weighted by Crippen LogP contribution is -2.36. The summed E-state index contributed by atoms with van der Waals surface area (Å²) in [4.78, 5) is 30.3. The number of pyridine rings is 1. The van der Waals surface area contributed by atoms with E-state index >= 15 is 0 Å². The zero-order valence-electron chi connectivity index (χ0n) is 15.6. The molecule has 2 rings (SSSR count). The van der Waals surface area contributed by atoms with Gasteiger partial charge in [0.15, 0.2) is 6.61 Å². The van der Waals surface area contributed by atoms with Crippen LogP contribution in [0.2, 0.25) is 0 Å². The predicted octanol–water partition coefficient (Wildman–Crippen LogP) is 2.87. The van der Waals surface area contributed by atoms with E-state index in [1.165, 1.54) is 4.90 Å². The first kappa shape index (κ1) is 20.6. The summed E-state index contributed by atoms with van der Waals surface area (Å²) < 4.78 is 5.12. The molecule has 0 bridgehead atoms. The first-order chi connectivity index (χ1) is 13.6. The lowest BCUT2D eigenvalue weighted by molar-refractivity contribution is -0.134. The first-order valence-electron chi connectivity index (χ1n) is 8.78. The minimum atomic E-state index is -0.640. The van der Waals surface area contributed by atoms with Crippen LogP contribution in [0.15, 0.2) is 42.5 Å². The quantitative estimate of drug-likeness (QED) is 0.656. The maximum atomic E-state index is 12.3. The van der Waals surface area contributed by atoms with Gasteiger partial charge in [-0.1, -0.05) is 30.3 Å². The normalized spacial score (nSPS) is 9.82. The molecule has 7 nitrogen and oxygen atoms in total. The van der Waals surface area contributed by atoms with Crippen LogP contribution in [0.25, 0.3) is 11.3 Å². The van der Waals surface area contributed by atoms with Gasteiger partial charge in [0.1, 0.15) is 0 Å². The van der Waals surface area contributed by atoms with Crippen LogP contribution in [0, 0.1) is 29.6 Å². The number of amides is 1. The summed E-state index contributed by atoms with van der Waals surface area (Å²) in [7, 11) is 0. The van der Waals surface area contributed by atoms with Crippen LogP contribution >= 0.6 is 0 Å². The van der Waals surface area contributed by atoms with E-state index in [2.05, 4.69) is 4.98 Å². The molecule has 7 heteroatoms. The zero-order chi connectivity index (χ0) is 20.4. The van der Waals surface area contributed by atoms with Gasteiger partial charge >= 0.3 is 5.97 Å². The summed E-state index contributed by atoms with van der Waals surface area (Å²) in [6.07, 6.45) is 0.296. The lowest BCUT2D eigenvalue weighted by atomic mass is 10.1. The van der Waals surface area contributed by atoms with Crippen molar-refractivity contribution in [3.05, 3.63) is 53.7 Å². The van der Waals surface area contributed by atoms with Gasteiger partial charge in [0, 0.05) is 18.7 Å². The van der Waals surface area contributed by atoms with E-state index in [0.29, 0.717) is 5.69 Å². The fourth-order valence-electron chi connectivity index (χ4n) is 2.57. The van der Waals surface area contributed by atoms with Gasteiger partial charge in [-0.25, -0.2) is 4.79 Å². The number of hydrogen-bond donors (Lipinski definition) is 0. The maximum Gasteiger partial charge on any atom is 0.340 e. The number of nitriles is 2. The topological polar surface area (TPSA) is 107 Å². The Morgan fingerprint density at radius 2 is 1.68 bits per heavy atom. The highest BCUT2D eigenvalue weighted by Gasteiger charge is 2.18. The van der Waals surface area contributed by atoms with Gasteiger partial charge in [-0.05, 0) is 19.1 Å². The first-order valence-corrected chi connectivity index (χ1v) is 8.78. The van der Waals surface area contributed by atoms with Crippen molar-refractivity contribution in [1.82, 2.24) is 9.88 Å². The van der Waals surface area contributed by atoms with E-state index < -0.39 is 18.5 Å². The SMILES string of the molecule is Cc1nc(-c2ccccc2)ccc1C(=O)OCC(=O)N(CCC#N)CCC#N. The number of aromatic nitrogens is 1. The van der Waals surface area contributed by atoms with Crippen LogP contribution in [-0.4, -0.2) is 41.5 Å². The molecule has 0 spiro atoms. The van der Waals surface area contributed by atoms with Crippen molar-refractivity contribution in [2.45, 2.75) is 19.8 Å². The molecule has 0 saturated carbocycles. The van der Waals surface area contributed by atoms with Gasteiger partial charge in [-0.3, -0.25) is 9.78 Å². The molecular weight excluding hydrogens is 356 g/mol. The van der Waals surface area contributed by atoms with Gasteiger partial charge in [-0.2, -0.15) is 10.5 Å². The fraction of sp³-hybridized carbons (Fsp3) is 0.286. The predicted molar refractivity (Wildman–Crippen MR) is 102 cm³/mol. The van der Waals surface area contributed by atoms with Crippen LogP contribution in [-0.2, 0) is 9.53 Å². The molecule has 0 atom stereocenters. The third kappa shape index (κ3) is 5.65. The van der Waals surface area contributed by atoms with Crippen molar-refractivity contribution in [1.29, 1.82) is 10.5 Å². The molecule has 1 amide bonds. The molecule has 28 heavy (non-hydrogen) atoms. The van der Waals surface area contributed by atoms with Crippen molar-refractivity contribution in [2.24, 2.45) is 0 Å². The summed E-state index contributed by atoms with van der Waals surface area (Å²) in [5.41, 5.74) is 2.47. The molecule has 1 aromatic heterocycles. The van der Waals surface area contributed by atoms with E-state index in [1.807, 2.05) is 42.5 Å². The summed E-state index contributed by atoms with van der Waals surface area (Å²) in [5.74, 6) is -1.08. The highest BCUT2D eigenvalue weighted by Crippen LogP contribution is 2.19. The summed E-state index contributed by atoms with van der Waals surface area (Å²) in [6.45, 7) is 1.65. The average Bonchev–Trinajstić information content (AvgIpc) is 2.72. The highest BCUT2D eigenvalue weighted by molar-refractivity contribution is 5.92. The fourth-order valence-corrected chi connectivity index (χ4v) is 2.57. The number of carbonyl (C=O) groups is 2. The third-order valence-electron chi connectivity index (χ3n) is 4.04. The molecule has 0 N–H and O–H groups in total. The Balaban J connectivity index is 2.01. The number of aryl methyl sites for hydroxylation is 1. The number of benzene rings is 1. The number of esters is 1. The van der Waals surface area contributed by atoms with E-state index in [1.54, 1.807) is 19.1 Å². The standard InChI is InChI=1S/C21H20N4O3/c1-16-18(9-10-19(24-16)17-7-3-2-4-8-17)21(27)28-15-20(26)25(13-5-11-22)14-6-12-23/h2-4,7-10H,5-6,13-15H2,1H3. The summed E-state index contributed by atoms with van der Waals surface area (Å²) in [5, 5.41) is 17.4. The second-order valence-electron chi connectivity index (χ2n) is 5.97. The largest absolute Gasteiger partial charge is 0.452 e. The number of rotatable bonds is 8. The minimum absolute atomic E-state index is 0.148. The smallest absolute Gasteiger partial charge is 0.340 e. The van der Waals surface area contributed by atoms with E-state index in [-0.39, 0.29) is 31.5 Å². The molecule has 0 saturated heterocycles. The summed E-state index contributed by atoms with van der Waals surface area (Å²) in [6, 6.07) is 16.8. The molecule has 0 unspecified atom stereocenters. The van der Waals surface area contributed by atoms with Crippen molar-refractivity contribution in [2.75, 3.05) is 19.7 Å². The Hall–Kier alpha value is -3.71. The van der Waals surface area contributed by atoms with Crippen LogP contribution < -0.4 is 0 Å². The van der Waals surface area contributed by atoms with Crippen LogP contribution in [0.5, 0.6) is 0 Å². The molecule has 0 aliphatic carbocycles. The Morgan fingerprint density at radius 1 is 1.04 bits per heavy atom. The van der Waals surface area contributed by atoms with Crippen molar-refractivity contribution in [3.8, 4) is 23.4 Å². The molecule has 142 valence electrons.